The molecule has 8 N–H and O–H groups in total. The van der Waals surface area contributed by atoms with Crippen LogP contribution >= 0.6 is 0 Å². The summed E-state index contributed by atoms with van der Waals surface area (Å²) < 4.78 is 0. The molecule has 0 saturated heterocycles. The average Bonchev–Trinajstić information content (AvgIpc) is 1.85. The first kappa shape index (κ1) is 10.8. The van der Waals surface area contributed by atoms with Crippen molar-refractivity contribution in [3.63, 3.8) is 0 Å². The van der Waals surface area contributed by atoms with Gasteiger partial charge in [0, 0.05) is 6.04 Å². The number of hydrogen-bond acceptors (Lipinski definition) is 4. The first-order valence-electron chi connectivity index (χ1n) is 4.08. The van der Waals surface area contributed by atoms with Gasteiger partial charge < -0.3 is 22.9 Å². The van der Waals surface area contributed by atoms with Crippen LogP contribution in [0.3, 0.4) is 0 Å². The Morgan fingerprint density at radius 1 is 1.27 bits per heavy atom. The van der Waals surface area contributed by atoms with Crippen molar-refractivity contribution >= 4 is 0 Å². The van der Waals surface area contributed by atoms with Gasteiger partial charge in [-0.2, -0.15) is 0 Å². The lowest BCUT2D eigenvalue weighted by Gasteiger charge is -2.18. The van der Waals surface area contributed by atoms with E-state index >= 15 is 0 Å². The first-order valence-corrected chi connectivity index (χ1v) is 4.08. The molecule has 0 amide bonds. The highest BCUT2D eigenvalue weighted by molar-refractivity contribution is 4.69. The quantitative estimate of drug-likeness (QED) is 0.404. The fourth-order valence-electron chi connectivity index (χ4n) is 0.875. The second kappa shape index (κ2) is 4.66. The predicted molar refractivity (Wildman–Crippen MR) is 47.4 cm³/mol. The smallest absolute Gasteiger partial charge is 0.115 e. The van der Waals surface area contributed by atoms with Crippen molar-refractivity contribution < 1.29 is 0 Å². The van der Waals surface area contributed by atoms with E-state index in [1.165, 1.54) is 0 Å². The second-order valence-corrected chi connectivity index (χ2v) is 3.17. The Balaban J connectivity index is 3.28. The molecule has 0 saturated carbocycles. The van der Waals surface area contributed by atoms with Crippen molar-refractivity contribution in [2.75, 3.05) is 0 Å². The van der Waals surface area contributed by atoms with Crippen molar-refractivity contribution in [1.82, 2.24) is 0 Å². The van der Waals surface area contributed by atoms with Gasteiger partial charge in [0.05, 0.1) is 0 Å². The van der Waals surface area contributed by atoms with E-state index in [0.29, 0.717) is 6.42 Å². The molecule has 0 aliphatic carbocycles. The van der Waals surface area contributed by atoms with Crippen LogP contribution in [0.15, 0.2) is 0 Å². The monoisotopic (exact) mass is 160 g/mol. The molecule has 0 aromatic rings. The van der Waals surface area contributed by atoms with E-state index in [9.17, 15) is 0 Å². The van der Waals surface area contributed by atoms with Crippen molar-refractivity contribution in [2.45, 2.75) is 44.4 Å². The minimum Gasteiger partial charge on any atom is -0.328 e. The van der Waals surface area contributed by atoms with Gasteiger partial charge in [0.25, 0.3) is 0 Å². The van der Waals surface area contributed by atoms with Crippen molar-refractivity contribution in [3.05, 3.63) is 0 Å². The Bertz CT molecular complexity index is 97.1. The third-order valence-corrected chi connectivity index (χ3v) is 1.71. The number of rotatable bonds is 5. The zero-order chi connectivity index (χ0) is 8.91. The SMILES string of the molecule is CCC(N)CCCC(N)(N)N. The topological polar surface area (TPSA) is 104 Å². The summed E-state index contributed by atoms with van der Waals surface area (Å²) in [6.45, 7) is 2.06. The summed E-state index contributed by atoms with van der Waals surface area (Å²) in [5.74, 6) is -1.02. The first-order chi connectivity index (χ1) is 4.95. The Morgan fingerprint density at radius 3 is 2.18 bits per heavy atom. The van der Waals surface area contributed by atoms with Gasteiger partial charge in [-0.25, -0.2) is 0 Å². The van der Waals surface area contributed by atoms with Crippen LogP contribution in [0.25, 0.3) is 0 Å². The van der Waals surface area contributed by atoms with Crippen LogP contribution in [-0.4, -0.2) is 11.8 Å². The van der Waals surface area contributed by atoms with Crippen molar-refractivity contribution in [3.8, 4) is 0 Å². The molecule has 0 rings (SSSR count). The van der Waals surface area contributed by atoms with Crippen LogP contribution in [-0.2, 0) is 0 Å². The zero-order valence-corrected chi connectivity index (χ0v) is 7.22. The van der Waals surface area contributed by atoms with Crippen LogP contribution in [0.4, 0.5) is 0 Å². The number of nitrogens with two attached hydrogens (primary N) is 4. The molecule has 0 fully saturated rings. The molecule has 11 heavy (non-hydrogen) atoms. The molecule has 0 bridgehead atoms. The van der Waals surface area contributed by atoms with Gasteiger partial charge in [-0.05, 0) is 25.7 Å². The van der Waals surface area contributed by atoms with Gasteiger partial charge in [0.2, 0.25) is 0 Å². The highest BCUT2D eigenvalue weighted by Crippen LogP contribution is 2.04. The van der Waals surface area contributed by atoms with Gasteiger partial charge in [-0.15, -0.1) is 0 Å². The molecule has 4 heteroatoms. The van der Waals surface area contributed by atoms with Crippen LogP contribution in [0, 0.1) is 0 Å². The van der Waals surface area contributed by atoms with E-state index < -0.39 is 5.79 Å². The molecule has 0 aromatic carbocycles. The van der Waals surface area contributed by atoms with E-state index in [-0.39, 0.29) is 6.04 Å². The van der Waals surface area contributed by atoms with E-state index in [1.807, 2.05) is 0 Å². The van der Waals surface area contributed by atoms with Crippen LogP contribution in [0.1, 0.15) is 32.6 Å². The third kappa shape index (κ3) is 7.74. The molecule has 0 aliphatic rings. The van der Waals surface area contributed by atoms with Crippen molar-refractivity contribution in [1.29, 1.82) is 0 Å². The normalized spacial score (nSPS) is 15.0. The molecule has 0 aliphatic heterocycles. The summed E-state index contributed by atoms with van der Waals surface area (Å²) in [5, 5.41) is 0. The molecular formula is C7H20N4. The fourth-order valence-corrected chi connectivity index (χ4v) is 0.875. The predicted octanol–water partition coefficient (Wildman–Crippen LogP) is -0.576. The summed E-state index contributed by atoms with van der Waals surface area (Å²) in [5.41, 5.74) is 21.8. The fraction of sp³-hybridized carbons (Fsp3) is 1.00. The highest BCUT2D eigenvalue weighted by Gasteiger charge is 2.11. The summed E-state index contributed by atoms with van der Waals surface area (Å²) in [6, 6.07) is 0.261. The van der Waals surface area contributed by atoms with Crippen molar-refractivity contribution in [2.24, 2.45) is 22.9 Å². The molecule has 1 unspecified atom stereocenters. The highest BCUT2D eigenvalue weighted by atomic mass is 15.1. The Morgan fingerprint density at radius 2 is 1.82 bits per heavy atom. The van der Waals surface area contributed by atoms with Crippen LogP contribution in [0.2, 0.25) is 0 Å². The molecule has 68 valence electrons. The van der Waals surface area contributed by atoms with Gasteiger partial charge in [0.1, 0.15) is 5.79 Å². The number of hydrogen-bond donors (Lipinski definition) is 4. The molecule has 0 radical (unpaired) electrons. The van der Waals surface area contributed by atoms with Gasteiger partial charge in [-0.1, -0.05) is 6.92 Å². The average molecular weight is 160 g/mol. The maximum atomic E-state index is 5.68. The lowest BCUT2D eigenvalue weighted by molar-refractivity contribution is 0.393. The van der Waals surface area contributed by atoms with E-state index in [1.54, 1.807) is 0 Å². The molecular weight excluding hydrogens is 140 g/mol. The second-order valence-electron chi connectivity index (χ2n) is 3.17. The van der Waals surface area contributed by atoms with E-state index in [4.69, 9.17) is 22.9 Å². The molecule has 0 heterocycles. The molecule has 0 spiro atoms. The van der Waals surface area contributed by atoms with E-state index in [0.717, 1.165) is 19.3 Å². The Hall–Kier alpha value is -0.160. The molecule has 4 nitrogen and oxygen atoms in total. The van der Waals surface area contributed by atoms with E-state index in [2.05, 4.69) is 6.92 Å². The largest absolute Gasteiger partial charge is 0.328 e. The van der Waals surface area contributed by atoms with Gasteiger partial charge in [0.15, 0.2) is 0 Å². The summed E-state index contributed by atoms with van der Waals surface area (Å²) >= 11 is 0. The van der Waals surface area contributed by atoms with Crippen LogP contribution < -0.4 is 22.9 Å². The van der Waals surface area contributed by atoms with Gasteiger partial charge in [-0.3, -0.25) is 0 Å². The minimum absolute atomic E-state index is 0.261. The maximum absolute atomic E-state index is 5.68. The lowest BCUT2D eigenvalue weighted by Crippen LogP contribution is -2.57. The molecule has 0 aromatic heterocycles. The summed E-state index contributed by atoms with van der Waals surface area (Å²) in [4.78, 5) is 0. The lowest BCUT2D eigenvalue weighted by atomic mass is 10.1. The summed E-state index contributed by atoms with van der Waals surface area (Å²) in [6.07, 6.45) is 3.47. The summed E-state index contributed by atoms with van der Waals surface area (Å²) in [7, 11) is 0. The molecule has 1 atom stereocenters. The van der Waals surface area contributed by atoms with Gasteiger partial charge >= 0.3 is 0 Å². The Labute approximate surface area is 68.3 Å². The standard InChI is InChI=1S/C7H20N4/c1-2-6(8)4-3-5-7(9,10)11/h6H,2-5,8-11H2,1H3. The minimum atomic E-state index is -1.02. The third-order valence-electron chi connectivity index (χ3n) is 1.71. The maximum Gasteiger partial charge on any atom is 0.115 e. The Kier molecular flexibility index (Phi) is 4.60. The van der Waals surface area contributed by atoms with Crippen LogP contribution in [0.5, 0.6) is 0 Å². The zero-order valence-electron chi connectivity index (χ0n) is 7.22.